The normalized spacial score (nSPS) is 24.2. The summed E-state index contributed by atoms with van der Waals surface area (Å²) >= 11 is 0. The molecule has 2 aliphatic heterocycles. The molecule has 1 unspecified atom stereocenters. The molecule has 0 spiro atoms. The van der Waals surface area contributed by atoms with Crippen molar-refractivity contribution in [3.05, 3.63) is 35.9 Å². The van der Waals surface area contributed by atoms with Crippen molar-refractivity contribution in [2.45, 2.75) is 45.8 Å². The molecule has 0 amide bonds. The maximum atomic E-state index is 2.66. The van der Waals surface area contributed by atoms with Gasteiger partial charge in [0.05, 0.1) is 6.17 Å². The van der Waals surface area contributed by atoms with Gasteiger partial charge in [0.15, 0.2) is 0 Å². The summed E-state index contributed by atoms with van der Waals surface area (Å²) in [5.41, 5.74) is 1.45. The van der Waals surface area contributed by atoms with Crippen LogP contribution in [0.3, 0.4) is 0 Å². The first kappa shape index (κ1) is 13.6. The van der Waals surface area contributed by atoms with E-state index in [1.165, 1.54) is 44.5 Å². The lowest BCUT2D eigenvalue weighted by Gasteiger charge is -2.40. The average Bonchev–Trinajstić information content (AvgIpc) is 2.92. The van der Waals surface area contributed by atoms with Crippen LogP contribution < -0.4 is 0 Å². The fourth-order valence-electron chi connectivity index (χ4n) is 3.11. The van der Waals surface area contributed by atoms with Crippen LogP contribution in [-0.2, 0) is 6.54 Å². The zero-order chi connectivity index (χ0) is 12.8. The van der Waals surface area contributed by atoms with E-state index < -0.39 is 0 Å². The second-order valence-corrected chi connectivity index (χ2v) is 4.97. The van der Waals surface area contributed by atoms with Crippen LogP contribution in [0.1, 0.15) is 38.7 Å². The largest absolute Gasteiger partial charge is 0.288 e. The molecule has 0 saturated carbocycles. The Balaban J connectivity index is 0.000000574. The molecule has 2 heteroatoms. The lowest BCUT2D eigenvalue weighted by molar-refractivity contribution is 0.0287. The lowest BCUT2D eigenvalue weighted by Crippen LogP contribution is -2.49. The molecule has 100 valence electrons. The van der Waals surface area contributed by atoms with Crippen molar-refractivity contribution < 1.29 is 0 Å². The van der Waals surface area contributed by atoms with E-state index in [4.69, 9.17) is 0 Å². The van der Waals surface area contributed by atoms with E-state index in [9.17, 15) is 0 Å². The van der Waals surface area contributed by atoms with E-state index in [0.29, 0.717) is 0 Å². The zero-order valence-electron chi connectivity index (χ0n) is 11.8. The quantitative estimate of drug-likeness (QED) is 0.789. The Morgan fingerprint density at radius 1 is 1.00 bits per heavy atom. The van der Waals surface area contributed by atoms with Gasteiger partial charge in [0.1, 0.15) is 0 Å². The van der Waals surface area contributed by atoms with Crippen molar-refractivity contribution >= 4 is 0 Å². The minimum atomic E-state index is 0.731. The number of hydrogen-bond acceptors (Lipinski definition) is 2. The van der Waals surface area contributed by atoms with Crippen LogP contribution in [0.25, 0.3) is 0 Å². The van der Waals surface area contributed by atoms with E-state index in [2.05, 4.69) is 40.1 Å². The van der Waals surface area contributed by atoms with Gasteiger partial charge in [-0.3, -0.25) is 9.80 Å². The maximum absolute atomic E-state index is 2.66. The highest BCUT2D eigenvalue weighted by atomic mass is 15.4. The molecule has 2 heterocycles. The SMILES string of the molecule is CC.c1ccc(CN2CCCN3CCCC32)cc1. The predicted molar refractivity (Wildman–Crippen MR) is 77.4 cm³/mol. The number of nitrogens with zero attached hydrogens (tertiary/aromatic N) is 2. The summed E-state index contributed by atoms with van der Waals surface area (Å²) < 4.78 is 0. The Kier molecular flexibility index (Phi) is 5.21. The summed E-state index contributed by atoms with van der Waals surface area (Å²) in [5, 5.41) is 0. The van der Waals surface area contributed by atoms with Gasteiger partial charge in [-0.1, -0.05) is 44.2 Å². The molecule has 1 aromatic rings. The van der Waals surface area contributed by atoms with Gasteiger partial charge in [0.2, 0.25) is 0 Å². The van der Waals surface area contributed by atoms with Crippen molar-refractivity contribution in [2.75, 3.05) is 19.6 Å². The van der Waals surface area contributed by atoms with Gasteiger partial charge in [0, 0.05) is 19.6 Å². The minimum absolute atomic E-state index is 0.731. The maximum Gasteiger partial charge on any atom is 0.0625 e. The molecular weight excluding hydrogens is 220 g/mol. The third-order valence-electron chi connectivity index (χ3n) is 3.87. The standard InChI is InChI=1S/C14H20N2.C2H6/c1-2-6-13(7-3-1)12-16-11-5-10-15-9-4-8-14(15)16;1-2/h1-3,6-7,14H,4-5,8-12H2;1-2H3. The zero-order valence-corrected chi connectivity index (χ0v) is 11.8. The van der Waals surface area contributed by atoms with E-state index >= 15 is 0 Å². The molecule has 3 rings (SSSR count). The van der Waals surface area contributed by atoms with Gasteiger partial charge >= 0.3 is 0 Å². The first-order chi connectivity index (χ1) is 8.93. The van der Waals surface area contributed by atoms with Crippen LogP contribution in [0.4, 0.5) is 0 Å². The van der Waals surface area contributed by atoms with Gasteiger partial charge < -0.3 is 0 Å². The summed E-state index contributed by atoms with van der Waals surface area (Å²) in [6, 6.07) is 10.9. The minimum Gasteiger partial charge on any atom is -0.288 e. The Morgan fingerprint density at radius 3 is 2.50 bits per heavy atom. The first-order valence-electron chi connectivity index (χ1n) is 7.45. The first-order valence-corrected chi connectivity index (χ1v) is 7.45. The highest BCUT2D eigenvalue weighted by Gasteiger charge is 2.32. The van der Waals surface area contributed by atoms with Gasteiger partial charge in [-0.25, -0.2) is 0 Å². The summed E-state index contributed by atoms with van der Waals surface area (Å²) in [4.78, 5) is 5.32. The molecule has 0 aliphatic carbocycles. The van der Waals surface area contributed by atoms with E-state index in [0.717, 1.165) is 12.7 Å². The highest BCUT2D eigenvalue weighted by molar-refractivity contribution is 5.14. The van der Waals surface area contributed by atoms with Crippen molar-refractivity contribution in [1.82, 2.24) is 9.80 Å². The van der Waals surface area contributed by atoms with Crippen molar-refractivity contribution in [2.24, 2.45) is 0 Å². The summed E-state index contributed by atoms with van der Waals surface area (Å²) in [6.45, 7) is 9.03. The lowest BCUT2D eigenvalue weighted by atomic mass is 10.1. The second kappa shape index (κ2) is 6.91. The van der Waals surface area contributed by atoms with E-state index in [1.807, 2.05) is 13.8 Å². The van der Waals surface area contributed by atoms with Crippen molar-refractivity contribution in [3.8, 4) is 0 Å². The molecule has 2 saturated heterocycles. The smallest absolute Gasteiger partial charge is 0.0625 e. The van der Waals surface area contributed by atoms with Crippen LogP contribution in [0.5, 0.6) is 0 Å². The number of rotatable bonds is 2. The molecule has 18 heavy (non-hydrogen) atoms. The van der Waals surface area contributed by atoms with Crippen molar-refractivity contribution in [1.29, 1.82) is 0 Å². The second-order valence-electron chi connectivity index (χ2n) is 4.97. The fourth-order valence-corrected chi connectivity index (χ4v) is 3.11. The summed E-state index contributed by atoms with van der Waals surface area (Å²) in [5.74, 6) is 0. The third kappa shape index (κ3) is 3.12. The number of benzene rings is 1. The van der Waals surface area contributed by atoms with Gasteiger partial charge in [-0.05, 0) is 31.4 Å². The van der Waals surface area contributed by atoms with Crippen LogP contribution in [0.15, 0.2) is 30.3 Å². The van der Waals surface area contributed by atoms with Gasteiger partial charge in [0.25, 0.3) is 0 Å². The molecular formula is C16H26N2. The molecule has 2 nitrogen and oxygen atoms in total. The molecule has 1 aromatic carbocycles. The topological polar surface area (TPSA) is 6.48 Å². The van der Waals surface area contributed by atoms with Gasteiger partial charge in [-0.15, -0.1) is 0 Å². The monoisotopic (exact) mass is 246 g/mol. The highest BCUT2D eigenvalue weighted by Crippen LogP contribution is 2.26. The number of fused-ring (bicyclic) bond motifs is 1. The molecule has 0 N–H and O–H groups in total. The fraction of sp³-hybridized carbons (Fsp3) is 0.625. The van der Waals surface area contributed by atoms with Crippen LogP contribution >= 0.6 is 0 Å². The summed E-state index contributed by atoms with van der Waals surface area (Å²) in [6.07, 6.45) is 4.82. The van der Waals surface area contributed by atoms with Crippen molar-refractivity contribution in [3.63, 3.8) is 0 Å². The van der Waals surface area contributed by atoms with Crippen LogP contribution in [-0.4, -0.2) is 35.6 Å². The Morgan fingerprint density at radius 2 is 1.72 bits per heavy atom. The summed E-state index contributed by atoms with van der Waals surface area (Å²) in [7, 11) is 0. The van der Waals surface area contributed by atoms with Crippen LogP contribution in [0.2, 0.25) is 0 Å². The predicted octanol–water partition coefficient (Wildman–Crippen LogP) is 3.34. The average molecular weight is 246 g/mol. The Bertz CT molecular complexity index is 336. The molecule has 2 fully saturated rings. The van der Waals surface area contributed by atoms with Crippen LogP contribution in [0, 0.1) is 0 Å². The third-order valence-corrected chi connectivity index (χ3v) is 3.87. The van der Waals surface area contributed by atoms with E-state index in [1.54, 1.807) is 0 Å². The number of hydrogen-bond donors (Lipinski definition) is 0. The van der Waals surface area contributed by atoms with Gasteiger partial charge in [-0.2, -0.15) is 0 Å². The molecule has 0 aromatic heterocycles. The molecule has 0 radical (unpaired) electrons. The molecule has 2 aliphatic rings. The Hall–Kier alpha value is -0.860. The molecule has 0 bridgehead atoms. The molecule has 1 atom stereocenters. The van der Waals surface area contributed by atoms with E-state index in [-0.39, 0.29) is 0 Å². The Labute approximate surface area is 112 Å².